The maximum absolute atomic E-state index is 12.2. The number of rotatable bonds is 5. The second-order valence-corrected chi connectivity index (χ2v) is 6.72. The second kappa shape index (κ2) is 7.13. The summed E-state index contributed by atoms with van der Waals surface area (Å²) in [6.07, 6.45) is 3.39. The van der Waals surface area contributed by atoms with Crippen LogP contribution >= 0.6 is 0 Å². The van der Waals surface area contributed by atoms with E-state index in [9.17, 15) is 4.79 Å². The largest absolute Gasteiger partial charge is 0.447 e. The standard InChI is InChI=1S/C18H25N5O2/c1-12(2)15-11-20-17-8-7-16(21-23(15)17)19-10-14-6-5-9-22(14)18(24)25-13(3)4/h7-8,11,13-14H,1,5-6,9-10H2,2-4H3,(H,19,21)/t14-/m0/s1. The smallest absolute Gasteiger partial charge is 0.410 e. The number of likely N-dealkylation sites (tertiary alicyclic amines) is 1. The van der Waals surface area contributed by atoms with Gasteiger partial charge in [0.2, 0.25) is 0 Å². The summed E-state index contributed by atoms with van der Waals surface area (Å²) in [4.78, 5) is 18.3. The average molecular weight is 343 g/mol. The number of hydrogen-bond donors (Lipinski definition) is 1. The summed E-state index contributed by atoms with van der Waals surface area (Å²) >= 11 is 0. The third kappa shape index (κ3) is 3.75. The van der Waals surface area contributed by atoms with Crippen LogP contribution in [-0.2, 0) is 4.74 Å². The van der Waals surface area contributed by atoms with E-state index in [0.29, 0.717) is 6.54 Å². The van der Waals surface area contributed by atoms with E-state index >= 15 is 0 Å². The molecule has 0 aliphatic carbocycles. The minimum atomic E-state index is -0.234. The number of amides is 1. The van der Waals surface area contributed by atoms with Crippen LogP contribution in [0.5, 0.6) is 0 Å². The fraction of sp³-hybridized carbons (Fsp3) is 0.500. The maximum atomic E-state index is 12.2. The molecule has 1 N–H and O–H groups in total. The van der Waals surface area contributed by atoms with Crippen LogP contribution in [0.1, 0.15) is 39.3 Å². The van der Waals surface area contributed by atoms with Crippen LogP contribution in [0.3, 0.4) is 0 Å². The van der Waals surface area contributed by atoms with Gasteiger partial charge in [0.1, 0.15) is 5.82 Å². The van der Waals surface area contributed by atoms with Crippen molar-refractivity contribution in [2.75, 3.05) is 18.4 Å². The lowest BCUT2D eigenvalue weighted by atomic mass is 10.2. The van der Waals surface area contributed by atoms with E-state index in [-0.39, 0.29) is 18.2 Å². The Morgan fingerprint density at radius 3 is 3.00 bits per heavy atom. The molecule has 7 heteroatoms. The summed E-state index contributed by atoms with van der Waals surface area (Å²) in [5, 5.41) is 7.92. The Morgan fingerprint density at radius 1 is 1.48 bits per heavy atom. The van der Waals surface area contributed by atoms with E-state index in [2.05, 4.69) is 22.0 Å². The van der Waals surface area contributed by atoms with Crippen molar-refractivity contribution >= 4 is 23.1 Å². The van der Waals surface area contributed by atoms with E-state index in [0.717, 1.165) is 42.1 Å². The first-order valence-corrected chi connectivity index (χ1v) is 8.67. The van der Waals surface area contributed by atoms with Crippen molar-refractivity contribution in [1.29, 1.82) is 0 Å². The first kappa shape index (κ1) is 17.3. The molecule has 1 aliphatic heterocycles. The van der Waals surface area contributed by atoms with Gasteiger partial charge in [0.05, 0.1) is 24.0 Å². The maximum Gasteiger partial charge on any atom is 0.410 e. The highest BCUT2D eigenvalue weighted by Gasteiger charge is 2.30. The lowest BCUT2D eigenvalue weighted by Crippen LogP contribution is -2.40. The summed E-state index contributed by atoms with van der Waals surface area (Å²) in [5.41, 5.74) is 2.59. The summed E-state index contributed by atoms with van der Waals surface area (Å²) in [6, 6.07) is 3.93. The number of allylic oxidation sites excluding steroid dienone is 1. The number of anilines is 1. The Balaban J connectivity index is 1.68. The SMILES string of the molecule is C=C(C)c1cnc2ccc(NC[C@@H]3CCCN3C(=O)OC(C)C)nn12. The third-order valence-corrected chi connectivity index (χ3v) is 4.27. The van der Waals surface area contributed by atoms with Crippen molar-refractivity contribution in [3.8, 4) is 0 Å². The topological polar surface area (TPSA) is 71.8 Å². The molecule has 0 unspecified atom stereocenters. The zero-order chi connectivity index (χ0) is 18.0. The molecule has 1 fully saturated rings. The molecule has 1 atom stereocenters. The fourth-order valence-electron chi connectivity index (χ4n) is 3.04. The number of aromatic nitrogens is 3. The Kier molecular flexibility index (Phi) is 4.92. The molecule has 25 heavy (non-hydrogen) atoms. The molecule has 2 aromatic heterocycles. The van der Waals surface area contributed by atoms with Gasteiger partial charge in [0, 0.05) is 13.1 Å². The summed E-state index contributed by atoms with van der Waals surface area (Å²) in [6.45, 7) is 11.0. The minimum absolute atomic E-state index is 0.104. The highest BCUT2D eigenvalue weighted by atomic mass is 16.6. The van der Waals surface area contributed by atoms with E-state index in [1.54, 1.807) is 10.7 Å². The summed E-state index contributed by atoms with van der Waals surface area (Å²) in [7, 11) is 0. The molecule has 0 saturated carbocycles. The number of nitrogens with zero attached hydrogens (tertiary/aromatic N) is 4. The molecule has 0 spiro atoms. The average Bonchev–Trinajstić information content (AvgIpc) is 3.18. The lowest BCUT2D eigenvalue weighted by Gasteiger charge is -2.25. The molecule has 0 aromatic carbocycles. The Morgan fingerprint density at radius 2 is 2.28 bits per heavy atom. The van der Waals surface area contributed by atoms with Crippen molar-refractivity contribution in [1.82, 2.24) is 19.5 Å². The number of nitrogens with one attached hydrogen (secondary N) is 1. The molecule has 0 radical (unpaired) electrons. The van der Waals surface area contributed by atoms with Crippen molar-refractivity contribution < 1.29 is 9.53 Å². The Hall–Kier alpha value is -2.57. The highest BCUT2D eigenvalue weighted by Crippen LogP contribution is 2.20. The van der Waals surface area contributed by atoms with Gasteiger partial charge in [-0.15, -0.1) is 5.10 Å². The van der Waals surface area contributed by atoms with Crippen LogP contribution in [0, 0.1) is 0 Å². The predicted molar refractivity (Wildman–Crippen MR) is 97.5 cm³/mol. The van der Waals surface area contributed by atoms with E-state index in [4.69, 9.17) is 4.74 Å². The van der Waals surface area contributed by atoms with Crippen LogP contribution in [0.2, 0.25) is 0 Å². The lowest BCUT2D eigenvalue weighted by molar-refractivity contribution is 0.0746. The highest BCUT2D eigenvalue weighted by molar-refractivity contribution is 5.68. The summed E-state index contributed by atoms with van der Waals surface area (Å²) in [5.74, 6) is 0.747. The Labute approximate surface area is 147 Å². The van der Waals surface area contributed by atoms with E-state index in [1.165, 1.54) is 0 Å². The van der Waals surface area contributed by atoms with Crippen LogP contribution in [0.4, 0.5) is 10.6 Å². The molecule has 2 aromatic rings. The molecular formula is C18H25N5O2. The van der Waals surface area contributed by atoms with Crippen molar-refractivity contribution in [3.05, 3.63) is 30.6 Å². The third-order valence-electron chi connectivity index (χ3n) is 4.27. The van der Waals surface area contributed by atoms with E-state index in [1.807, 2.05) is 37.8 Å². The summed E-state index contributed by atoms with van der Waals surface area (Å²) < 4.78 is 7.11. The van der Waals surface area contributed by atoms with E-state index < -0.39 is 0 Å². The number of ether oxygens (including phenoxy) is 1. The van der Waals surface area contributed by atoms with Gasteiger partial charge in [-0.3, -0.25) is 0 Å². The van der Waals surface area contributed by atoms with Crippen LogP contribution < -0.4 is 5.32 Å². The minimum Gasteiger partial charge on any atom is -0.447 e. The number of carbonyl (C=O) groups is 1. The molecule has 134 valence electrons. The van der Waals surface area contributed by atoms with Gasteiger partial charge in [-0.05, 0) is 51.3 Å². The van der Waals surface area contributed by atoms with Crippen molar-refractivity contribution in [2.45, 2.75) is 45.8 Å². The van der Waals surface area contributed by atoms with Gasteiger partial charge in [-0.1, -0.05) is 6.58 Å². The first-order valence-electron chi connectivity index (χ1n) is 8.67. The molecule has 3 rings (SSSR count). The van der Waals surface area contributed by atoms with Gasteiger partial charge >= 0.3 is 6.09 Å². The van der Waals surface area contributed by atoms with Gasteiger partial charge in [0.25, 0.3) is 0 Å². The number of fused-ring (bicyclic) bond motifs is 1. The van der Waals surface area contributed by atoms with Crippen molar-refractivity contribution in [2.24, 2.45) is 0 Å². The number of carbonyl (C=O) groups excluding carboxylic acids is 1. The fourth-order valence-corrected chi connectivity index (χ4v) is 3.04. The molecular weight excluding hydrogens is 318 g/mol. The number of imidazole rings is 1. The Bertz CT molecular complexity index is 783. The molecule has 1 amide bonds. The molecule has 1 saturated heterocycles. The zero-order valence-electron chi connectivity index (χ0n) is 15.0. The second-order valence-electron chi connectivity index (χ2n) is 6.72. The normalized spacial score (nSPS) is 17.3. The van der Waals surface area contributed by atoms with Gasteiger partial charge in [0.15, 0.2) is 5.65 Å². The van der Waals surface area contributed by atoms with Crippen LogP contribution in [0.15, 0.2) is 24.9 Å². The predicted octanol–water partition coefficient (Wildman–Crippen LogP) is 3.18. The van der Waals surface area contributed by atoms with Gasteiger partial charge in [-0.2, -0.15) is 0 Å². The number of hydrogen-bond acceptors (Lipinski definition) is 5. The van der Waals surface area contributed by atoms with Crippen molar-refractivity contribution in [3.63, 3.8) is 0 Å². The van der Waals surface area contributed by atoms with Crippen LogP contribution in [0.25, 0.3) is 11.2 Å². The van der Waals surface area contributed by atoms with Crippen LogP contribution in [-0.4, -0.2) is 50.8 Å². The monoisotopic (exact) mass is 343 g/mol. The quantitative estimate of drug-likeness (QED) is 0.903. The molecule has 7 nitrogen and oxygen atoms in total. The molecule has 3 heterocycles. The van der Waals surface area contributed by atoms with Gasteiger partial charge in [-0.25, -0.2) is 14.3 Å². The first-order chi connectivity index (χ1) is 12.0. The molecule has 0 bridgehead atoms. The zero-order valence-corrected chi connectivity index (χ0v) is 15.0. The van der Waals surface area contributed by atoms with Gasteiger partial charge < -0.3 is 15.0 Å². The molecule has 1 aliphatic rings.